The Balaban J connectivity index is 2.30. The van der Waals surface area contributed by atoms with E-state index in [1.165, 1.54) is 24.9 Å². The fourth-order valence-electron chi connectivity index (χ4n) is 1.07. The summed E-state index contributed by atoms with van der Waals surface area (Å²) in [5.74, 6) is 0.497. The predicted octanol–water partition coefficient (Wildman–Crippen LogP) is 1.33. The van der Waals surface area contributed by atoms with Crippen LogP contribution in [-0.2, 0) is 0 Å². The Morgan fingerprint density at radius 2 is 2.31 bits per heavy atom. The van der Waals surface area contributed by atoms with Crippen molar-refractivity contribution in [3.8, 4) is 0 Å². The van der Waals surface area contributed by atoms with Gasteiger partial charge in [0.25, 0.3) is 0 Å². The van der Waals surface area contributed by atoms with Gasteiger partial charge in [-0.3, -0.25) is 4.79 Å². The van der Waals surface area contributed by atoms with Crippen LogP contribution >= 0.6 is 11.6 Å². The van der Waals surface area contributed by atoms with Crippen LogP contribution < -0.4 is 5.69 Å². The van der Waals surface area contributed by atoms with E-state index in [1.807, 2.05) is 0 Å². The molecule has 0 N–H and O–H groups in total. The molecule has 0 atom stereocenters. The Hall–Kier alpha value is -2.08. The standard InChI is InChI=1S/C9H6ClN3O3/c10-8(14)12-3-4-13(9(12)15)11-6-7-2-1-5-16-7/h1-6H/b11-6+. The zero-order chi connectivity index (χ0) is 11.5. The average Bonchev–Trinajstić information content (AvgIpc) is 2.84. The molecule has 0 fully saturated rings. The molecule has 2 aromatic heterocycles. The lowest BCUT2D eigenvalue weighted by molar-refractivity contribution is 0.260. The van der Waals surface area contributed by atoms with Crippen LogP contribution in [0.3, 0.4) is 0 Å². The highest BCUT2D eigenvalue weighted by Crippen LogP contribution is 1.96. The maximum atomic E-state index is 11.4. The van der Waals surface area contributed by atoms with Gasteiger partial charge in [-0.25, -0.2) is 9.36 Å². The number of carbonyl (C=O) groups excluding carboxylic acids is 1. The second-order valence-electron chi connectivity index (χ2n) is 2.81. The summed E-state index contributed by atoms with van der Waals surface area (Å²) < 4.78 is 6.70. The molecule has 82 valence electrons. The van der Waals surface area contributed by atoms with Gasteiger partial charge in [-0.1, -0.05) is 0 Å². The molecule has 0 aliphatic heterocycles. The fourth-order valence-corrected chi connectivity index (χ4v) is 1.20. The van der Waals surface area contributed by atoms with Crippen LogP contribution in [0.5, 0.6) is 0 Å². The summed E-state index contributed by atoms with van der Waals surface area (Å²) in [5, 5.41) is 2.93. The first kappa shape index (κ1) is 10.4. The molecular formula is C9H6ClN3O3. The van der Waals surface area contributed by atoms with Crippen molar-refractivity contribution in [3.05, 3.63) is 47.0 Å². The predicted molar refractivity (Wildman–Crippen MR) is 57.0 cm³/mol. The first-order valence-electron chi connectivity index (χ1n) is 4.26. The minimum Gasteiger partial charge on any atom is -0.463 e. The molecule has 16 heavy (non-hydrogen) atoms. The second-order valence-corrected chi connectivity index (χ2v) is 3.13. The van der Waals surface area contributed by atoms with Crippen molar-refractivity contribution in [1.82, 2.24) is 9.24 Å². The van der Waals surface area contributed by atoms with Gasteiger partial charge in [-0.2, -0.15) is 9.78 Å². The minimum atomic E-state index is -0.878. The first-order chi connectivity index (χ1) is 7.68. The lowest BCUT2D eigenvalue weighted by Crippen LogP contribution is -2.24. The van der Waals surface area contributed by atoms with Gasteiger partial charge < -0.3 is 4.42 Å². The highest BCUT2D eigenvalue weighted by atomic mass is 35.5. The third kappa shape index (κ3) is 1.96. The molecule has 0 aliphatic carbocycles. The molecule has 2 rings (SSSR count). The minimum absolute atomic E-state index is 0.497. The van der Waals surface area contributed by atoms with Gasteiger partial charge in [-0.15, -0.1) is 0 Å². The van der Waals surface area contributed by atoms with E-state index in [4.69, 9.17) is 16.0 Å². The van der Waals surface area contributed by atoms with Crippen molar-refractivity contribution in [1.29, 1.82) is 0 Å². The van der Waals surface area contributed by atoms with E-state index in [9.17, 15) is 9.59 Å². The molecule has 6 nitrogen and oxygen atoms in total. The molecule has 2 heterocycles. The molecular weight excluding hydrogens is 234 g/mol. The van der Waals surface area contributed by atoms with Crippen LogP contribution in [0.4, 0.5) is 4.79 Å². The van der Waals surface area contributed by atoms with Gasteiger partial charge in [0.2, 0.25) is 0 Å². The van der Waals surface area contributed by atoms with Gasteiger partial charge in [0, 0.05) is 6.20 Å². The Kier molecular flexibility index (Phi) is 2.74. The van der Waals surface area contributed by atoms with Gasteiger partial charge in [0.15, 0.2) is 0 Å². The molecule has 0 bridgehead atoms. The van der Waals surface area contributed by atoms with Crippen molar-refractivity contribution in [3.63, 3.8) is 0 Å². The summed E-state index contributed by atoms with van der Waals surface area (Å²) in [4.78, 5) is 22.2. The molecule has 0 aliphatic rings. The van der Waals surface area contributed by atoms with E-state index in [-0.39, 0.29) is 0 Å². The number of rotatable bonds is 2. The van der Waals surface area contributed by atoms with E-state index in [0.29, 0.717) is 5.76 Å². The van der Waals surface area contributed by atoms with Crippen molar-refractivity contribution in [2.45, 2.75) is 0 Å². The van der Waals surface area contributed by atoms with E-state index >= 15 is 0 Å². The van der Waals surface area contributed by atoms with E-state index in [2.05, 4.69) is 5.10 Å². The number of furan rings is 1. The third-order valence-electron chi connectivity index (χ3n) is 1.80. The summed E-state index contributed by atoms with van der Waals surface area (Å²) in [5.41, 5.74) is -0.636. The molecule has 0 saturated heterocycles. The van der Waals surface area contributed by atoms with Crippen LogP contribution in [0.2, 0.25) is 0 Å². The van der Waals surface area contributed by atoms with Crippen molar-refractivity contribution < 1.29 is 9.21 Å². The third-order valence-corrected chi connectivity index (χ3v) is 1.98. The number of hydrogen-bond donors (Lipinski definition) is 0. The number of aromatic nitrogens is 2. The SMILES string of the molecule is O=C(Cl)n1ccn(/N=C/c2ccco2)c1=O. The topological polar surface area (TPSA) is 69.5 Å². The first-order valence-corrected chi connectivity index (χ1v) is 4.64. The van der Waals surface area contributed by atoms with Gasteiger partial charge >= 0.3 is 11.1 Å². The van der Waals surface area contributed by atoms with Crippen molar-refractivity contribution in [2.75, 3.05) is 0 Å². The average molecular weight is 240 g/mol. The largest absolute Gasteiger partial charge is 0.463 e. The summed E-state index contributed by atoms with van der Waals surface area (Å²) in [6.07, 6.45) is 5.39. The second kappa shape index (κ2) is 4.19. The number of halogens is 1. The number of hydrogen-bond acceptors (Lipinski definition) is 4. The molecule has 7 heteroatoms. The summed E-state index contributed by atoms with van der Waals surface area (Å²) >= 11 is 5.16. The molecule has 0 unspecified atom stereocenters. The van der Waals surface area contributed by atoms with E-state index in [1.54, 1.807) is 12.1 Å². The van der Waals surface area contributed by atoms with Gasteiger partial charge in [0.05, 0.1) is 18.7 Å². The number of carbonyl (C=O) groups is 1. The normalized spacial score (nSPS) is 11.1. The van der Waals surface area contributed by atoms with Gasteiger partial charge in [0.1, 0.15) is 5.76 Å². The van der Waals surface area contributed by atoms with Crippen LogP contribution in [-0.4, -0.2) is 20.8 Å². The van der Waals surface area contributed by atoms with Crippen molar-refractivity contribution in [2.24, 2.45) is 5.10 Å². The number of nitrogens with zero attached hydrogens (tertiary/aromatic N) is 3. The molecule has 0 amide bonds. The quantitative estimate of drug-likeness (QED) is 0.586. The van der Waals surface area contributed by atoms with Crippen LogP contribution in [0.1, 0.15) is 5.76 Å². The lowest BCUT2D eigenvalue weighted by Gasteiger charge is -1.89. The Labute approximate surface area is 94.4 Å². The Morgan fingerprint density at radius 1 is 1.50 bits per heavy atom. The van der Waals surface area contributed by atoms with Crippen molar-refractivity contribution >= 4 is 23.2 Å². The highest BCUT2D eigenvalue weighted by Gasteiger charge is 2.06. The van der Waals surface area contributed by atoms with E-state index in [0.717, 1.165) is 9.24 Å². The summed E-state index contributed by atoms with van der Waals surface area (Å²) in [6.45, 7) is 0. The van der Waals surface area contributed by atoms with Crippen LogP contribution in [0.15, 0.2) is 45.1 Å². The lowest BCUT2D eigenvalue weighted by atomic mass is 10.5. The highest BCUT2D eigenvalue weighted by molar-refractivity contribution is 6.63. The summed E-state index contributed by atoms with van der Waals surface area (Å²) in [7, 11) is 0. The van der Waals surface area contributed by atoms with Gasteiger partial charge in [-0.05, 0) is 23.7 Å². The number of imidazole rings is 1. The summed E-state index contributed by atoms with van der Waals surface area (Å²) in [6, 6.07) is 3.37. The smallest absolute Gasteiger partial charge is 0.356 e. The maximum absolute atomic E-state index is 11.4. The monoisotopic (exact) mass is 239 g/mol. The zero-order valence-electron chi connectivity index (χ0n) is 7.91. The maximum Gasteiger partial charge on any atom is 0.356 e. The molecule has 0 aromatic carbocycles. The zero-order valence-corrected chi connectivity index (χ0v) is 8.66. The molecule has 2 aromatic rings. The Morgan fingerprint density at radius 3 is 2.88 bits per heavy atom. The molecule has 0 spiro atoms. The van der Waals surface area contributed by atoms with Crippen LogP contribution in [0.25, 0.3) is 0 Å². The molecule has 0 radical (unpaired) electrons. The van der Waals surface area contributed by atoms with Crippen LogP contribution in [0, 0.1) is 0 Å². The molecule has 0 saturated carbocycles. The Bertz CT molecular complexity index is 579. The van der Waals surface area contributed by atoms with E-state index < -0.39 is 11.1 Å². The fraction of sp³-hybridized carbons (Fsp3) is 0.